The molecule has 7 heteroatoms. The smallest absolute Gasteiger partial charge is 0.261 e. The lowest BCUT2D eigenvalue weighted by Gasteiger charge is -2.21. The van der Waals surface area contributed by atoms with Crippen molar-refractivity contribution in [2.75, 3.05) is 6.54 Å². The largest absolute Gasteiger partial charge is 0.449 e. The summed E-state index contributed by atoms with van der Waals surface area (Å²) >= 11 is 0. The average molecular weight is 504 g/mol. The first-order chi connectivity index (χ1) is 18.5. The van der Waals surface area contributed by atoms with Crippen LogP contribution in [0.3, 0.4) is 0 Å². The Balaban J connectivity index is 1.35. The second-order valence-electron chi connectivity index (χ2n) is 9.55. The van der Waals surface area contributed by atoms with Crippen molar-refractivity contribution >= 4 is 11.8 Å². The number of fused-ring (bicyclic) bond motifs is 1. The zero-order valence-corrected chi connectivity index (χ0v) is 21.0. The molecule has 1 aliphatic heterocycles. The SMILES string of the molecule is Cc1ccc(C(CN2C(=O)c3ccccc3C2=O)c2nc(-c3cc(Cc4ncco4)ccc3C)co2)cc1. The second kappa shape index (κ2) is 9.59. The van der Waals surface area contributed by atoms with Gasteiger partial charge >= 0.3 is 0 Å². The Morgan fingerprint density at radius 2 is 1.61 bits per heavy atom. The molecular weight excluding hydrogens is 478 g/mol. The summed E-state index contributed by atoms with van der Waals surface area (Å²) in [6.45, 7) is 4.16. The number of carbonyl (C=O) groups is 2. The number of nitrogens with zero attached hydrogens (tertiary/aromatic N) is 3. The zero-order chi connectivity index (χ0) is 26.2. The van der Waals surface area contributed by atoms with Gasteiger partial charge in [-0.25, -0.2) is 9.97 Å². The number of amides is 2. The van der Waals surface area contributed by atoms with Crippen LogP contribution >= 0.6 is 0 Å². The Morgan fingerprint density at radius 1 is 0.868 bits per heavy atom. The maximum atomic E-state index is 13.1. The van der Waals surface area contributed by atoms with Crippen LogP contribution in [0.5, 0.6) is 0 Å². The van der Waals surface area contributed by atoms with Crippen molar-refractivity contribution in [2.45, 2.75) is 26.2 Å². The summed E-state index contributed by atoms with van der Waals surface area (Å²) < 4.78 is 11.4. The van der Waals surface area contributed by atoms with Gasteiger partial charge in [0.25, 0.3) is 11.8 Å². The van der Waals surface area contributed by atoms with Crippen LogP contribution in [-0.2, 0) is 6.42 Å². The van der Waals surface area contributed by atoms with Gasteiger partial charge in [0.05, 0.1) is 23.2 Å². The number of imide groups is 1. The number of benzene rings is 3. The van der Waals surface area contributed by atoms with E-state index in [1.807, 2.05) is 50.2 Å². The van der Waals surface area contributed by atoms with Gasteiger partial charge < -0.3 is 8.83 Å². The minimum atomic E-state index is -0.428. The third-order valence-corrected chi connectivity index (χ3v) is 6.96. The molecule has 0 saturated heterocycles. The summed E-state index contributed by atoms with van der Waals surface area (Å²) in [5, 5.41) is 0. The third kappa shape index (κ3) is 4.32. The van der Waals surface area contributed by atoms with E-state index < -0.39 is 5.92 Å². The predicted octanol–water partition coefficient (Wildman–Crippen LogP) is 5.97. The van der Waals surface area contributed by atoms with Crippen LogP contribution in [0.1, 0.15) is 60.7 Å². The molecule has 5 aromatic rings. The Morgan fingerprint density at radius 3 is 2.29 bits per heavy atom. The highest BCUT2D eigenvalue weighted by atomic mass is 16.3. The summed E-state index contributed by atoms with van der Waals surface area (Å²) in [4.78, 5) is 36.7. The Kier molecular flexibility index (Phi) is 5.96. The van der Waals surface area contributed by atoms with Gasteiger partial charge in [-0.2, -0.15) is 0 Å². The van der Waals surface area contributed by atoms with Crippen LogP contribution in [0.2, 0.25) is 0 Å². The lowest BCUT2D eigenvalue weighted by Crippen LogP contribution is -2.34. The number of aromatic nitrogens is 2. The molecule has 1 unspecified atom stereocenters. The maximum absolute atomic E-state index is 13.1. The van der Waals surface area contributed by atoms with Gasteiger partial charge in [0, 0.05) is 18.5 Å². The van der Waals surface area contributed by atoms with E-state index >= 15 is 0 Å². The van der Waals surface area contributed by atoms with Gasteiger partial charge in [0.1, 0.15) is 18.2 Å². The fourth-order valence-electron chi connectivity index (χ4n) is 4.85. The maximum Gasteiger partial charge on any atom is 0.261 e. The van der Waals surface area contributed by atoms with Crippen molar-refractivity contribution in [3.05, 3.63) is 131 Å². The second-order valence-corrected chi connectivity index (χ2v) is 9.55. The molecule has 0 spiro atoms. The molecule has 2 amide bonds. The lowest BCUT2D eigenvalue weighted by molar-refractivity contribution is 0.0646. The topological polar surface area (TPSA) is 89.4 Å². The number of carbonyl (C=O) groups excluding carboxylic acids is 2. The average Bonchev–Trinajstić information content (AvgIpc) is 3.67. The molecule has 3 aromatic carbocycles. The molecule has 0 saturated carbocycles. The van der Waals surface area contributed by atoms with Gasteiger partial charge in [0.15, 0.2) is 5.89 Å². The number of rotatable bonds is 7. The van der Waals surface area contributed by atoms with E-state index in [0.29, 0.717) is 35.0 Å². The Hall–Kier alpha value is -4.78. The first kappa shape index (κ1) is 23.6. The minimum Gasteiger partial charge on any atom is -0.449 e. The molecule has 0 bridgehead atoms. The Labute approximate surface area is 219 Å². The van der Waals surface area contributed by atoms with Crippen LogP contribution in [0.25, 0.3) is 11.3 Å². The molecule has 0 aliphatic carbocycles. The Bertz CT molecular complexity index is 1600. The minimum absolute atomic E-state index is 0.124. The lowest BCUT2D eigenvalue weighted by atomic mass is 9.97. The van der Waals surface area contributed by atoms with Gasteiger partial charge in [0.2, 0.25) is 5.89 Å². The van der Waals surface area contributed by atoms with Crippen molar-refractivity contribution in [3.8, 4) is 11.3 Å². The van der Waals surface area contributed by atoms with Gasteiger partial charge in [-0.05, 0) is 48.7 Å². The molecule has 7 nitrogen and oxygen atoms in total. The van der Waals surface area contributed by atoms with E-state index in [0.717, 1.165) is 27.8 Å². The molecule has 0 N–H and O–H groups in total. The van der Waals surface area contributed by atoms with Crippen LogP contribution < -0.4 is 0 Å². The first-order valence-electron chi connectivity index (χ1n) is 12.4. The molecule has 2 aromatic heterocycles. The quantitative estimate of drug-likeness (QED) is 0.254. The van der Waals surface area contributed by atoms with Crippen molar-refractivity contribution in [1.29, 1.82) is 0 Å². The van der Waals surface area contributed by atoms with Crippen LogP contribution in [-0.4, -0.2) is 33.2 Å². The molecule has 0 fully saturated rings. The molecule has 3 heterocycles. The molecule has 38 heavy (non-hydrogen) atoms. The van der Waals surface area contributed by atoms with Crippen LogP contribution in [0, 0.1) is 13.8 Å². The number of hydrogen-bond donors (Lipinski definition) is 0. The van der Waals surface area contributed by atoms with E-state index in [1.54, 1.807) is 43.0 Å². The summed E-state index contributed by atoms with van der Waals surface area (Å²) in [5.41, 5.74) is 6.58. The van der Waals surface area contributed by atoms with Crippen LogP contribution in [0.4, 0.5) is 0 Å². The predicted molar refractivity (Wildman–Crippen MR) is 141 cm³/mol. The highest BCUT2D eigenvalue weighted by molar-refractivity contribution is 6.21. The van der Waals surface area contributed by atoms with Crippen molar-refractivity contribution < 1.29 is 18.4 Å². The molecule has 6 rings (SSSR count). The summed E-state index contributed by atoms with van der Waals surface area (Å²) in [6, 6.07) is 21.0. The van der Waals surface area contributed by atoms with Crippen LogP contribution in [0.15, 0.2) is 94.3 Å². The van der Waals surface area contributed by atoms with Gasteiger partial charge in [-0.1, -0.05) is 54.1 Å². The summed E-state index contributed by atoms with van der Waals surface area (Å²) in [6.07, 6.45) is 5.40. The zero-order valence-electron chi connectivity index (χ0n) is 21.0. The fraction of sp³-hybridized carbons (Fsp3) is 0.161. The highest BCUT2D eigenvalue weighted by Gasteiger charge is 2.38. The highest BCUT2D eigenvalue weighted by Crippen LogP contribution is 2.33. The third-order valence-electron chi connectivity index (χ3n) is 6.96. The molecule has 188 valence electrons. The van der Waals surface area contributed by atoms with Gasteiger partial charge in [-0.15, -0.1) is 0 Å². The van der Waals surface area contributed by atoms with E-state index in [4.69, 9.17) is 13.8 Å². The van der Waals surface area contributed by atoms with Crippen molar-refractivity contribution in [3.63, 3.8) is 0 Å². The van der Waals surface area contributed by atoms with E-state index in [-0.39, 0.29) is 18.4 Å². The molecule has 0 radical (unpaired) electrons. The first-order valence-corrected chi connectivity index (χ1v) is 12.4. The normalized spacial score (nSPS) is 13.7. The molecular formula is C31H25N3O4. The summed E-state index contributed by atoms with van der Waals surface area (Å²) in [5.74, 6) is 0.0513. The summed E-state index contributed by atoms with van der Waals surface area (Å²) in [7, 11) is 0. The van der Waals surface area contributed by atoms with Crippen molar-refractivity contribution in [2.24, 2.45) is 0 Å². The van der Waals surface area contributed by atoms with Gasteiger partial charge in [-0.3, -0.25) is 14.5 Å². The fourth-order valence-corrected chi connectivity index (χ4v) is 4.85. The van der Waals surface area contributed by atoms with E-state index in [2.05, 4.69) is 11.1 Å². The standard InChI is InChI=1S/C31H25N3O4/c1-19-7-11-22(12-8-19)26(17-34-30(35)23-5-3-4-6-24(23)31(34)36)29-33-27(18-38-29)25-15-21(10-9-20(25)2)16-28-32-13-14-37-28/h3-15,18,26H,16-17H2,1-2H3. The van der Waals surface area contributed by atoms with E-state index in [9.17, 15) is 9.59 Å². The number of oxazole rings is 2. The number of hydrogen-bond acceptors (Lipinski definition) is 6. The molecule has 1 atom stereocenters. The molecule has 1 aliphatic rings. The monoisotopic (exact) mass is 503 g/mol. The van der Waals surface area contributed by atoms with Crippen molar-refractivity contribution in [1.82, 2.24) is 14.9 Å². The number of aryl methyl sites for hydroxylation is 2. The van der Waals surface area contributed by atoms with E-state index in [1.165, 1.54) is 4.90 Å².